The topological polar surface area (TPSA) is 103 Å². The van der Waals surface area contributed by atoms with Gasteiger partial charge in [-0.25, -0.2) is 19.6 Å². The van der Waals surface area contributed by atoms with Crippen molar-refractivity contribution in [2.75, 3.05) is 6.17 Å². The van der Waals surface area contributed by atoms with Gasteiger partial charge in [0.25, 0.3) is 0 Å². The van der Waals surface area contributed by atoms with Gasteiger partial charge in [-0.05, 0) is 101 Å². The average Bonchev–Trinajstić information content (AvgIpc) is 3.41. The highest BCUT2D eigenvalue weighted by Crippen LogP contribution is 2.63. The summed E-state index contributed by atoms with van der Waals surface area (Å²) in [5, 5.41) is 3.39. The molecule has 0 radical (unpaired) electrons. The van der Waals surface area contributed by atoms with Crippen LogP contribution in [0, 0.1) is 53.3 Å². The van der Waals surface area contributed by atoms with E-state index in [0.717, 1.165) is 57.5 Å². The molecule has 0 aromatic heterocycles. The van der Waals surface area contributed by atoms with Crippen molar-refractivity contribution in [2.24, 2.45) is 53.3 Å². The zero-order chi connectivity index (χ0) is 34.7. The first-order valence-corrected chi connectivity index (χ1v) is 23.5. The van der Waals surface area contributed by atoms with E-state index in [9.17, 15) is 4.79 Å². The number of nitrogens with one attached hydrogen (secondary N) is 1. The molecule has 0 unspecified atom stereocenters. The third kappa shape index (κ3) is 5.65. The molecule has 278 valence electrons. The monoisotopic (exact) mass is 705 g/mol. The number of hydrogen-bond donors (Lipinski definition) is 1. The maximum absolute atomic E-state index is 14.3. The maximum atomic E-state index is 14.3. The fourth-order valence-corrected chi connectivity index (χ4v) is 12.6. The van der Waals surface area contributed by atoms with E-state index in [4.69, 9.17) is 38.5 Å². The van der Waals surface area contributed by atoms with Crippen molar-refractivity contribution < 1.29 is 43.3 Å². The molecule has 10 fully saturated rings. The van der Waals surface area contributed by atoms with E-state index in [1.54, 1.807) is 0 Å². The first kappa shape index (κ1) is 35.4. The van der Waals surface area contributed by atoms with Gasteiger partial charge in [-0.3, -0.25) is 4.79 Å². The number of carbonyl (C=O) groups is 1. The molecule has 0 aromatic carbocycles. The molecule has 2 spiro atoms. The molecular weight excluding hydrogens is 643 g/mol. The van der Waals surface area contributed by atoms with Crippen LogP contribution in [0.4, 0.5) is 0 Å². The third-order valence-corrected chi connectivity index (χ3v) is 16.0. The van der Waals surface area contributed by atoms with Crippen molar-refractivity contribution in [1.29, 1.82) is 0 Å². The van der Waals surface area contributed by atoms with Crippen LogP contribution in [0.3, 0.4) is 0 Å². The summed E-state index contributed by atoms with van der Waals surface area (Å²) in [4.78, 5) is 39.3. The molecule has 11 heteroatoms. The van der Waals surface area contributed by atoms with Crippen LogP contribution in [-0.2, 0) is 43.3 Å². The van der Waals surface area contributed by atoms with Crippen molar-refractivity contribution in [3.05, 3.63) is 0 Å². The Kier molecular flexibility index (Phi) is 8.81. The zero-order valence-electron chi connectivity index (χ0n) is 31.5. The Balaban J connectivity index is 1.07. The van der Waals surface area contributed by atoms with E-state index >= 15 is 0 Å². The molecule has 10 nitrogen and oxygen atoms in total. The summed E-state index contributed by atoms with van der Waals surface area (Å²) in [6, 6.07) is 0. The summed E-state index contributed by atoms with van der Waals surface area (Å²) < 4.78 is 27.4. The number of rotatable bonds is 7. The molecular formula is C38H63NO9Si. The highest BCUT2D eigenvalue weighted by molar-refractivity contribution is 6.76. The van der Waals surface area contributed by atoms with Gasteiger partial charge in [0.15, 0.2) is 23.8 Å². The van der Waals surface area contributed by atoms with Gasteiger partial charge in [-0.2, -0.15) is 0 Å². The Morgan fingerprint density at radius 1 is 0.673 bits per heavy atom. The summed E-state index contributed by atoms with van der Waals surface area (Å²) in [6.07, 6.45) is 8.57. The quantitative estimate of drug-likeness (QED) is 0.224. The van der Waals surface area contributed by atoms with E-state index in [2.05, 4.69) is 52.7 Å². The van der Waals surface area contributed by atoms with Gasteiger partial charge in [0, 0.05) is 36.8 Å². The van der Waals surface area contributed by atoms with Crippen LogP contribution in [0.2, 0.25) is 19.6 Å². The van der Waals surface area contributed by atoms with E-state index in [1.165, 1.54) is 0 Å². The Hall–Kier alpha value is -0.633. The molecule has 49 heavy (non-hydrogen) atoms. The summed E-state index contributed by atoms with van der Waals surface area (Å²) in [5.41, 5.74) is -1.23. The molecule has 4 bridgehead atoms. The third-order valence-electron chi connectivity index (χ3n) is 14.8. The van der Waals surface area contributed by atoms with E-state index in [-0.39, 0.29) is 47.7 Å². The first-order valence-electron chi connectivity index (χ1n) is 19.8. The number of amides is 1. The standard InChI is InChI=1S/C38H63NO9Si/c1-21-10-12-28-23(3)30(41-33-37(28)26(21)14-16-35(5,43-33)45-47-37)18-25(32(40)39-20-49(7,8)9)19-31-24(4)29-13-11-22(2)27-15-17-36(6)44-34(42-31)38(27,29)48-46-36/h21-31,33-34H,10-20H2,1-9H3,(H,39,40)/t21-,22-,23-,24-,26+,27+,28+,29+,30-,31-,33-,34-,35+,36+,37-,38-/m1/s1. The largest absolute Gasteiger partial charge is 0.359 e. The molecule has 1 N–H and O–H groups in total. The van der Waals surface area contributed by atoms with Gasteiger partial charge in [0.05, 0.1) is 20.3 Å². The molecule has 2 saturated carbocycles. The SMILES string of the molecule is C[C@H]1[C@@H](CC(C[C@H]2O[C@@H]3O[C@]4(C)CC[C@H]5[C@H](C)CC[C@@H]([C@H]2C)[C@@]35OO4)C(=O)NC[Si](C)(C)C)O[C@@H]2O[C@]3(C)CC[C@H]4[C@H](C)CC[C@@H]1[C@@]24OO3. The molecule has 8 saturated heterocycles. The number of hydrogen-bond acceptors (Lipinski definition) is 9. The lowest BCUT2D eigenvalue weighted by Gasteiger charge is -2.61. The molecule has 16 atom stereocenters. The normalized spacial score (nSPS) is 53.9. The predicted molar refractivity (Wildman–Crippen MR) is 183 cm³/mol. The van der Waals surface area contributed by atoms with Crippen molar-refractivity contribution in [2.45, 2.75) is 173 Å². The molecule has 8 aliphatic heterocycles. The van der Waals surface area contributed by atoms with Crippen molar-refractivity contribution in [1.82, 2.24) is 5.32 Å². The van der Waals surface area contributed by atoms with Crippen LogP contribution < -0.4 is 5.32 Å². The number of ether oxygens (including phenoxy) is 4. The van der Waals surface area contributed by atoms with Crippen molar-refractivity contribution in [3.8, 4) is 0 Å². The fourth-order valence-electron chi connectivity index (χ4n) is 11.9. The minimum Gasteiger partial charge on any atom is -0.359 e. The summed E-state index contributed by atoms with van der Waals surface area (Å²) >= 11 is 0. The van der Waals surface area contributed by atoms with E-state index in [0.29, 0.717) is 36.5 Å². The second-order valence-electron chi connectivity index (χ2n) is 19.3. The molecule has 10 rings (SSSR count). The Morgan fingerprint density at radius 3 is 1.55 bits per heavy atom. The van der Waals surface area contributed by atoms with Gasteiger partial charge in [0.2, 0.25) is 17.5 Å². The zero-order valence-corrected chi connectivity index (χ0v) is 32.5. The summed E-state index contributed by atoms with van der Waals surface area (Å²) in [5.74, 6) is 0.604. The average molecular weight is 706 g/mol. The highest BCUT2D eigenvalue weighted by Gasteiger charge is 2.71. The van der Waals surface area contributed by atoms with Gasteiger partial charge in [-0.1, -0.05) is 47.3 Å². The van der Waals surface area contributed by atoms with Crippen LogP contribution in [-0.4, -0.2) is 67.7 Å². The fraction of sp³-hybridized carbons (Fsp3) is 0.974. The molecule has 2 aliphatic carbocycles. The van der Waals surface area contributed by atoms with Crippen molar-refractivity contribution >= 4 is 14.0 Å². The number of fused-ring (bicyclic) bond motifs is 4. The molecule has 1 amide bonds. The molecule has 0 aromatic rings. The van der Waals surface area contributed by atoms with Crippen LogP contribution in [0.5, 0.6) is 0 Å². The van der Waals surface area contributed by atoms with Crippen LogP contribution >= 0.6 is 0 Å². The van der Waals surface area contributed by atoms with Crippen LogP contribution in [0.15, 0.2) is 0 Å². The van der Waals surface area contributed by atoms with Gasteiger partial charge < -0.3 is 24.3 Å². The Morgan fingerprint density at radius 2 is 1.12 bits per heavy atom. The van der Waals surface area contributed by atoms with Crippen LogP contribution in [0.1, 0.15) is 106 Å². The molecule has 10 aliphatic rings. The number of carbonyl (C=O) groups excluding carboxylic acids is 1. The predicted octanol–water partition coefficient (Wildman–Crippen LogP) is 6.88. The van der Waals surface area contributed by atoms with Crippen molar-refractivity contribution in [3.63, 3.8) is 0 Å². The summed E-state index contributed by atoms with van der Waals surface area (Å²) in [7, 11) is -1.53. The smallest absolute Gasteiger partial charge is 0.223 e. The second kappa shape index (κ2) is 12.2. The highest BCUT2D eigenvalue weighted by atomic mass is 28.3. The van der Waals surface area contributed by atoms with Gasteiger partial charge in [-0.15, -0.1) is 0 Å². The van der Waals surface area contributed by atoms with E-state index in [1.807, 2.05) is 13.8 Å². The minimum atomic E-state index is -1.53. The lowest BCUT2D eigenvalue weighted by Crippen LogP contribution is -2.70. The van der Waals surface area contributed by atoms with Gasteiger partial charge >= 0.3 is 0 Å². The van der Waals surface area contributed by atoms with E-state index < -0.39 is 43.4 Å². The second-order valence-corrected chi connectivity index (χ2v) is 24.8. The lowest BCUT2D eigenvalue weighted by molar-refractivity contribution is -0.571. The Bertz CT molecular complexity index is 1200. The maximum Gasteiger partial charge on any atom is 0.223 e. The minimum absolute atomic E-state index is 0.101. The van der Waals surface area contributed by atoms with Gasteiger partial charge in [0.1, 0.15) is 0 Å². The summed E-state index contributed by atoms with van der Waals surface area (Å²) in [6.45, 7) is 20.1. The Labute approximate surface area is 294 Å². The first-order chi connectivity index (χ1) is 23.1. The lowest BCUT2D eigenvalue weighted by atomic mass is 9.56. The van der Waals surface area contributed by atoms with Crippen LogP contribution in [0.25, 0.3) is 0 Å². The molecule has 8 heterocycles.